The minimum atomic E-state index is -0.498. The second-order valence-corrected chi connectivity index (χ2v) is 6.93. The van der Waals surface area contributed by atoms with Crippen LogP contribution < -0.4 is 5.32 Å². The van der Waals surface area contributed by atoms with E-state index in [2.05, 4.69) is 15.5 Å². The van der Waals surface area contributed by atoms with Gasteiger partial charge in [-0.2, -0.15) is 10.2 Å². The summed E-state index contributed by atoms with van der Waals surface area (Å²) in [6.45, 7) is 4.79. The fourth-order valence-electron chi connectivity index (χ4n) is 3.34. The molecule has 0 spiro atoms. The van der Waals surface area contributed by atoms with Crippen molar-refractivity contribution in [2.45, 2.75) is 45.7 Å². The predicted molar refractivity (Wildman–Crippen MR) is 96.4 cm³/mol. The first-order chi connectivity index (χ1) is 12.4. The molecule has 0 unspecified atom stereocenters. The minimum Gasteiger partial charge on any atom is -0.354 e. The molecule has 1 N–H and O–H groups in total. The molecule has 140 valence electrons. The van der Waals surface area contributed by atoms with Crippen molar-refractivity contribution in [2.24, 2.45) is 14.1 Å². The third-order valence-corrected chi connectivity index (χ3v) is 4.91. The number of carbonyl (C=O) groups excluding carboxylic acids is 2. The molecule has 2 aromatic rings. The lowest BCUT2D eigenvalue weighted by Gasteiger charge is -2.29. The summed E-state index contributed by atoms with van der Waals surface area (Å²) in [7, 11) is 3.66. The van der Waals surface area contributed by atoms with Crippen molar-refractivity contribution in [3.8, 4) is 0 Å². The molecule has 2 amide bonds. The average molecular weight is 358 g/mol. The summed E-state index contributed by atoms with van der Waals surface area (Å²) in [5, 5.41) is 11.6. The van der Waals surface area contributed by atoms with Gasteiger partial charge in [0.15, 0.2) is 5.69 Å². The first kappa shape index (κ1) is 18.2. The van der Waals surface area contributed by atoms with Crippen LogP contribution in [0.2, 0.25) is 0 Å². The second-order valence-electron chi connectivity index (χ2n) is 6.93. The van der Waals surface area contributed by atoms with Gasteiger partial charge in [0.05, 0.1) is 17.9 Å². The van der Waals surface area contributed by atoms with Gasteiger partial charge in [-0.1, -0.05) is 0 Å². The third kappa shape index (κ3) is 3.63. The van der Waals surface area contributed by atoms with Gasteiger partial charge in [-0.3, -0.25) is 19.0 Å². The van der Waals surface area contributed by atoms with E-state index in [-0.39, 0.29) is 11.8 Å². The first-order valence-electron chi connectivity index (χ1n) is 8.95. The van der Waals surface area contributed by atoms with E-state index in [0.29, 0.717) is 25.2 Å². The Balaban J connectivity index is 1.95. The van der Waals surface area contributed by atoms with Gasteiger partial charge in [0, 0.05) is 26.3 Å². The Bertz CT molecular complexity index is 802. The molecule has 0 radical (unpaired) electrons. The van der Waals surface area contributed by atoms with Gasteiger partial charge in [0.2, 0.25) is 5.91 Å². The largest absolute Gasteiger partial charge is 0.354 e. The number of hydrogen-bond acceptors (Lipinski definition) is 4. The second kappa shape index (κ2) is 7.31. The van der Waals surface area contributed by atoms with Gasteiger partial charge in [0.25, 0.3) is 5.91 Å². The average Bonchev–Trinajstić information content (AvgIpc) is 2.99. The molecule has 0 aliphatic carbocycles. The van der Waals surface area contributed by atoms with Crippen molar-refractivity contribution >= 4 is 11.8 Å². The zero-order valence-electron chi connectivity index (χ0n) is 15.8. The lowest BCUT2D eigenvalue weighted by molar-refractivity contribution is -0.125. The van der Waals surface area contributed by atoms with Crippen molar-refractivity contribution in [3.05, 3.63) is 34.9 Å². The van der Waals surface area contributed by atoms with Crippen molar-refractivity contribution in [1.82, 2.24) is 29.8 Å². The quantitative estimate of drug-likeness (QED) is 0.886. The lowest BCUT2D eigenvalue weighted by atomic mass is 10.1. The Morgan fingerprint density at radius 1 is 1.23 bits per heavy atom. The molecule has 1 aliphatic rings. The van der Waals surface area contributed by atoms with E-state index in [1.54, 1.807) is 27.4 Å². The van der Waals surface area contributed by atoms with Gasteiger partial charge in [0.1, 0.15) is 6.04 Å². The van der Waals surface area contributed by atoms with Crippen molar-refractivity contribution < 1.29 is 9.59 Å². The number of nitrogens with zero attached hydrogens (tertiary/aromatic N) is 5. The molecule has 3 heterocycles. The van der Waals surface area contributed by atoms with Crippen LogP contribution in [0.25, 0.3) is 0 Å². The molecule has 1 fully saturated rings. The molecule has 1 aliphatic heterocycles. The van der Waals surface area contributed by atoms with E-state index in [0.717, 1.165) is 29.9 Å². The molecule has 8 nitrogen and oxygen atoms in total. The highest BCUT2D eigenvalue weighted by atomic mass is 16.2. The fraction of sp³-hybridized carbons (Fsp3) is 0.556. The summed E-state index contributed by atoms with van der Waals surface area (Å²) in [6.07, 6.45) is 2.48. The van der Waals surface area contributed by atoms with Gasteiger partial charge < -0.3 is 10.2 Å². The summed E-state index contributed by atoms with van der Waals surface area (Å²) >= 11 is 0. The lowest BCUT2D eigenvalue weighted by Crippen LogP contribution is -2.48. The molecular weight excluding hydrogens is 332 g/mol. The molecule has 1 atom stereocenters. The van der Waals surface area contributed by atoms with E-state index < -0.39 is 6.04 Å². The Hall–Kier alpha value is -2.64. The number of hydrogen-bond donors (Lipinski definition) is 1. The Morgan fingerprint density at radius 2 is 2.00 bits per heavy atom. The summed E-state index contributed by atoms with van der Waals surface area (Å²) in [6, 6.07) is 3.21. The molecule has 8 heteroatoms. The van der Waals surface area contributed by atoms with Crippen LogP contribution in [0, 0.1) is 13.8 Å². The molecule has 0 aromatic carbocycles. The van der Waals surface area contributed by atoms with Crippen LogP contribution >= 0.6 is 0 Å². The standard InChI is InChI=1S/C18H26N6O2/c1-12-9-14(23(4)20-12)11-24(16-7-5-6-8-19-17(16)25)18(26)15-10-13(2)22(3)21-15/h9-10,16H,5-8,11H2,1-4H3,(H,19,25)/t16-/m0/s1. The zero-order chi connectivity index (χ0) is 18.8. The van der Waals surface area contributed by atoms with Crippen molar-refractivity contribution in [2.75, 3.05) is 6.54 Å². The smallest absolute Gasteiger partial charge is 0.275 e. The Kier molecular flexibility index (Phi) is 5.11. The number of aryl methyl sites for hydroxylation is 4. The van der Waals surface area contributed by atoms with Crippen LogP contribution in [0.3, 0.4) is 0 Å². The van der Waals surface area contributed by atoms with Crippen LogP contribution in [-0.4, -0.2) is 48.9 Å². The van der Waals surface area contributed by atoms with Gasteiger partial charge >= 0.3 is 0 Å². The summed E-state index contributed by atoms with van der Waals surface area (Å²) in [5.41, 5.74) is 3.03. The van der Waals surface area contributed by atoms with Crippen molar-refractivity contribution in [3.63, 3.8) is 0 Å². The number of rotatable bonds is 4. The summed E-state index contributed by atoms with van der Waals surface area (Å²) < 4.78 is 3.43. The van der Waals surface area contributed by atoms with Crippen LogP contribution in [0.1, 0.15) is 46.8 Å². The zero-order valence-corrected chi connectivity index (χ0v) is 15.8. The van der Waals surface area contributed by atoms with E-state index in [1.807, 2.05) is 27.0 Å². The molecular formula is C18H26N6O2. The maximum Gasteiger partial charge on any atom is 0.275 e. The van der Waals surface area contributed by atoms with Crippen molar-refractivity contribution in [1.29, 1.82) is 0 Å². The first-order valence-corrected chi connectivity index (χ1v) is 8.95. The Labute approximate surface area is 153 Å². The van der Waals surface area contributed by atoms with E-state index >= 15 is 0 Å². The van der Waals surface area contributed by atoms with Crippen LogP contribution in [0.5, 0.6) is 0 Å². The van der Waals surface area contributed by atoms with Crippen LogP contribution in [0.4, 0.5) is 0 Å². The fourth-order valence-corrected chi connectivity index (χ4v) is 3.34. The number of nitrogens with one attached hydrogen (secondary N) is 1. The van der Waals surface area contributed by atoms with E-state index in [1.165, 1.54) is 0 Å². The highest BCUT2D eigenvalue weighted by molar-refractivity contribution is 5.96. The highest BCUT2D eigenvalue weighted by Gasteiger charge is 2.33. The van der Waals surface area contributed by atoms with Gasteiger partial charge in [-0.05, 0) is 45.2 Å². The van der Waals surface area contributed by atoms with Gasteiger partial charge in [-0.25, -0.2) is 0 Å². The van der Waals surface area contributed by atoms with E-state index in [9.17, 15) is 9.59 Å². The number of carbonyl (C=O) groups is 2. The van der Waals surface area contributed by atoms with Crippen LogP contribution in [-0.2, 0) is 25.4 Å². The number of amides is 2. The van der Waals surface area contributed by atoms with E-state index in [4.69, 9.17) is 0 Å². The maximum atomic E-state index is 13.2. The molecule has 1 saturated heterocycles. The molecule has 26 heavy (non-hydrogen) atoms. The Morgan fingerprint density at radius 3 is 2.62 bits per heavy atom. The summed E-state index contributed by atoms with van der Waals surface area (Å²) in [5.74, 6) is -0.322. The monoisotopic (exact) mass is 358 g/mol. The molecule has 3 rings (SSSR count). The SMILES string of the molecule is Cc1cc(CN(C(=O)c2cc(C)n(C)n2)[C@H]2CCCCNC2=O)n(C)n1. The summed E-state index contributed by atoms with van der Waals surface area (Å²) in [4.78, 5) is 27.5. The van der Waals surface area contributed by atoms with Gasteiger partial charge in [-0.15, -0.1) is 0 Å². The maximum absolute atomic E-state index is 13.2. The molecule has 0 bridgehead atoms. The minimum absolute atomic E-state index is 0.0950. The normalized spacial score (nSPS) is 17.7. The molecule has 2 aromatic heterocycles. The molecule has 0 saturated carbocycles. The highest BCUT2D eigenvalue weighted by Crippen LogP contribution is 2.19. The predicted octanol–water partition coefficient (Wildman–Crippen LogP) is 1.08. The van der Waals surface area contributed by atoms with Crippen LogP contribution in [0.15, 0.2) is 12.1 Å². The third-order valence-electron chi connectivity index (χ3n) is 4.91. The topological polar surface area (TPSA) is 85.0 Å². The number of aromatic nitrogens is 4.